The standard InChI is InChI=1S/C26H22Cl3N4O2/c1-31-15-21(20-9-6-10-22(29)30-20)33-25(35-2)23(17-11-18(27)13-19(28)12-17)24(34)32(26(31)33)14-16-7-4-3-5-8-16/h3-13,21H,14-15H2,1-2H3/q+1. The van der Waals surface area contributed by atoms with Crippen molar-refractivity contribution >= 4 is 40.8 Å². The third kappa shape index (κ3) is 4.38. The number of anilines is 1. The Hall–Kier alpha value is -3.06. The first-order valence-electron chi connectivity index (χ1n) is 11.0. The maximum absolute atomic E-state index is 14.1. The number of ether oxygens (including phenoxy) is 1. The van der Waals surface area contributed by atoms with Crippen molar-refractivity contribution in [1.29, 1.82) is 0 Å². The van der Waals surface area contributed by atoms with Crippen molar-refractivity contribution in [3.63, 3.8) is 0 Å². The molecule has 1 aliphatic heterocycles. The van der Waals surface area contributed by atoms with Gasteiger partial charge in [-0.1, -0.05) is 71.2 Å². The van der Waals surface area contributed by atoms with Gasteiger partial charge in [-0.25, -0.2) is 9.78 Å². The molecule has 0 saturated carbocycles. The van der Waals surface area contributed by atoms with E-state index in [9.17, 15) is 4.79 Å². The molecule has 0 saturated heterocycles. The Bertz CT molecular complexity index is 1450. The largest absolute Gasteiger partial charge is 0.471 e. The molecule has 1 atom stereocenters. The highest BCUT2D eigenvalue weighted by Crippen LogP contribution is 2.39. The highest BCUT2D eigenvalue weighted by Gasteiger charge is 2.43. The average molecular weight is 529 g/mol. The van der Waals surface area contributed by atoms with Gasteiger partial charge in [-0.2, -0.15) is 9.13 Å². The summed E-state index contributed by atoms with van der Waals surface area (Å²) in [6, 6.07) is 20.2. The predicted octanol–water partition coefficient (Wildman–Crippen LogP) is 5.25. The number of benzene rings is 2. The zero-order valence-corrected chi connectivity index (χ0v) is 21.3. The van der Waals surface area contributed by atoms with Crippen LogP contribution in [0.3, 0.4) is 0 Å². The van der Waals surface area contributed by atoms with Gasteiger partial charge in [-0.3, -0.25) is 4.90 Å². The topological polar surface area (TPSA) is 51.2 Å². The summed E-state index contributed by atoms with van der Waals surface area (Å²) in [4.78, 5) is 20.7. The molecular weight excluding hydrogens is 507 g/mol. The van der Waals surface area contributed by atoms with Crippen LogP contribution in [0.25, 0.3) is 11.1 Å². The molecule has 0 bridgehead atoms. The SMILES string of the molecule is COc1c(-c2cc(Cl)cc(Cl)c2)c(=O)[n+](Cc2ccccc2)c2n1C(c1cccc(Cl)n1)CN2C. The molecule has 2 aromatic heterocycles. The number of hydrogen-bond donors (Lipinski definition) is 0. The summed E-state index contributed by atoms with van der Waals surface area (Å²) in [6.07, 6.45) is 0. The Kier molecular flexibility index (Phi) is 6.45. The molecule has 1 aliphatic rings. The van der Waals surface area contributed by atoms with Crippen LogP contribution < -0.4 is 19.8 Å². The molecule has 0 N–H and O–H groups in total. The van der Waals surface area contributed by atoms with E-state index in [1.54, 1.807) is 35.9 Å². The van der Waals surface area contributed by atoms with Gasteiger partial charge in [0.25, 0.3) is 5.88 Å². The minimum Gasteiger partial charge on any atom is -0.471 e. The van der Waals surface area contributed by atoms with Crippen LogP contribution >= 0.6 is 34.8 Å². The molecule has 3 heterocycles. The number of nitrogens with zero attached hydrogens (tertiary/aromatic N) is 4. The number of pyridine rings is 1. The fraction of sp³-hybridized carbons (Fsp3) is 0.192. The van der Waals surface area contributed by atoms with Gasteiger partial charge in [0.2, 0.25) is 0 Å². The van der Waals surface area contributed by atoms with Crippen LogP contribution in [0.2, 0.25) is 15.2 Å². The molecule has 0 fully saturated rings. The van der Waals surface area contributed by atoms with Crippen molar-refractivity contribution in [2.45, 2.75) is 12.6 Å². The highest BCUT2D eigenvalue weighted by atomic mass is 35.5. The summed E-state index contributed by atoms with van der Waals surface area (Å²) in [6.45, 7) is 0.956. The second-order valence-corrected chi connectivity index (χ2v) is 9.63. The normalized spacial score (nSPS) is 14.8. The van der Waals surface area contributed by atoms with Crippen LogP contribution in [-0.2, 0) is 6.54 Å². The Balaban J connectivity index is 1.84. The molecule has 35 heavy (non-hydrogen) atoms. The average Bonchev–Trinajstić information content (AvgIpc) is 3.17. The van der Waals surface area contributed by atoms with E-state index >= 15 is 0 Å². The third-order valence-electron chi connectivity index (χ3n) is 6.05. The van der Waals surface area contributed by atoms with Gasteiger partial charge in [0.1, 0.15) is 23.8 Å². The van der Waals surface area contributed by atoms with E-state index in [4.69, 9.17) is 39.5 Å². The number of fused-ring (bicyclic) bond motifs is 1. The van der Waals surface area contributed by atoms with Gasteiger partial charge >= 0.3 is 11.5 Å². The van der Waals surface area contributed by atoms with Crippen molar-refractivity contribution in [2.75, 3.05) is 25.6 Å². The van der Waals surface area contributed by atoms with Crippen LogP contribution in [-0.4, -0.2) is 30.3 Å². The van der Waals surface area contributed by atoms with Crippen molar-refractivity contribution in [2.24, 2.45) is 0 Å². The van der Waals surface area contributed by atoms with E-state index in [-0.39, 0.29) is 11.6 Å². The van der Waals surface area contributed by atoms with E-state index in [1.165, 1.54) is 0 Å². The van der Waals surface area contributed by atoms with E-state index in [2.05, 4.69) is 4.98 Å². The van der Waals surface area contributed by atoms with Crippen molar-refractivity contribution in [3.8, 4) is 17.0 Å². The smallest absolute Gasteiger partial charge is 0.366 e. The van der Waals surface area contributed by atoms with Crippen LogP contribution in [0.15, 0.2) is 71.5 Å². The van der Waals surface area contributed by atoms with Crippen LogP contribution in [0.1, 0.15) is 17.3 Å². The zero-order valence-electron chi connectivity index (χ0n) is 19.1. The molecule has 2 aromatic carbocycles. The van der Waals surface area contributed by atoms with Gasteiger partial charge in [0.05, 0.1) is 19.9 Å². The summed E-state index contributed by atoms with van der Waals surface area (Å²) < 4.78 is 9.68. The quantitative estimate of drug-likeness (QED) is 0.262. The van der Waals surface area contributed by atoms with Gasteiger partial charge < -0.3 is 4.74 Å². The zero-order chi connectivity index (χ0) is 24.7. The fourth-order valence-electron chi connectivity index (χ4n) is 4.64. The van der Waals surface area contributed by atoms with Gasteiger partial charge in [0, 0.05) is 10.0 Å². The number of hydrogen-bond acceptors (Lipinski definition) is 4. The molecule has 9 heteroatoms. The van der Waals surface area contributed by atoms with E-state index in [0.717, 1.165) is 11.3 Å². The molecule has 0 radical (unpaired) electrons. The first kappa shape index (κ1) is 23.7. The lowest BCUT2D eigenvalue weighted by atomic mass is 10.1. The summed E-state index contributed by atoms with van der Waals surface area (Å²) >= 11 is 18.9. The van der Waals surface area contributed by atoms with Crippen LogP contribution in [0, 0.1) is 0 Å². The van der Waals surface area contributed by atoms with E-state index in [1.807, 2.05) is 59.0 Å². The first-order valence-corrected chi connectivity index (χ1v) is 12.1. The summed E-state index contributed by atoms with van der Waals surface area (Å²) in [5.41, 5.74) is 2.51. The van der Waals surface area contributed by atoms with Crippen molar-refractivity contribution < 1.29 is 9.30 Å². The lowest BCUT2D eigenvalue weighted by Gasteiger charge is -2.18. The maximum atomic E-state index is 14.1. The lowest BCUT2D eigenvalue weighted by molar-refractivity contribution is -0.692. The number of aromatic nitrogens is 3. The second-order valence-electron chi connectivity index (χ2n) is 8.37. The van der Waals surface area contributed by atoms with E-state index < -0.39 is 0 Å². The number of likely N-dealkylation sites (N-methyl/N-ethyl adjacent to an activating group) is 1. The Morgan fingerprint density at radius 1 is 1.03 bits per heavy atom. The molecule has 6 nitrogen and oxygen atoms in total. The monoisotopic (exact) mass is 527 g/mol. The van der Waals surface area contributed by atoms with E-state index in [0.29, 0.717) is 51.2 Å². The van der Waals surface area contributed by atoms with Gasteiger partial charge in [-0.05, 0) is 41.5 Å². The molecule has 178 valence electrons. The lowest BCUT2D eigenvalue weighted by Crippen LogP contribution is -2.55. The minimum absolute atomic E-state index is 0.207. The fourth-order valence-corrected chi connectivity index (χ4v) is 5.34. The molecule has 0 spiro atoms. The summed E-state index contributed by atoms with van der Waals surface area (Å²) in [5, 5.41) is 1.26. The third-order valence-corrected chi connectivity index (χ3v) is 6.70. The van der Waals surface area contributed by atoms with Gasteiger partial charge in [0.15, 0.2) is 6.04 Å². The first-order chi connectivity index (χ1) is 16.9. The minimum atomic E-state index is -0.236. The number of halogens is 3. The molecule has 0 amide bonds. The second kappa shape index (κ2) is 9.53. The number of rotatable bonds is 5. The Labute approximate surface area is 217 Å². The van der Waals surface area contributed by atoms with Crippen LogP contribution in [0.4, 0.5) is 5.95 Å². The summed E-state index contributed by atoms with van der Waals surface area (Å²) in [5.74, 6) is 1.11. The summed E-state index contributed by atoms with van der Waals surface area (Å²) in [7, 11) is 3.51. The molecule has 1 unspecified atom stereocenters. The van der Waals surface area contributed by atoms with Gasteiger partial charge in [-0.15, -0.1) is 0 Å². The van der Waals surface area contributed by atoms with Crippen LogP contribution in [0.5, 0.6) is 5.88 Å². The highest BCUT2D eigenvalue weighted by molar-refractivity contribution is 6.35. The Morgan fingerprint density at radius 2 is 1.74 bits per heavy atom. The Morgan fingerprint density at radius 3 is 2.40 bits per heavy atom. The van der Waals surface area contributed by atoms with Crippen molar-refractivity contribution in [1.82, 2.24) is 9.55 Å². The maximum Gasteiger partial charge on any atom is 0.366 e. The molecular formula is C26H22Cl3N4O2+. The van der Waals surface area contributed by atoms with Crippen molar-refractivity contribution in [3.05, 3.63) is 104 Å². The molecule has 5 rings (SSSR count). The molecule has 4 aromatic rings. The number of methoxy groups -OCH3 is 1. The molecule has 0 aliphatic carbocycles. The predicted molar refractivity (Wildman–Crippen MR) is 139 cm³/mol.